The first-order valence-corrected chi connectivity index (χ1v) is 5.29. The fraction of sp³-hybridized carbons (Fsp3) is 0.500. The molecule has 4 N–H and O–H groups in total. The summed E-state index contributed by atoms with van der Waals surface area (Å²) >= 11 is 0. The number of anilines is 2. The number of hydrogen-bond acceptors (Lipinski definition) is 4. The van der Waals surface area contributed by atoms with Crippen molar-refractivity contribution in [3.63, 3.8) is 0 Å². The topological polar surface area (TPSA) is 64.5 Å². The van der Waals surface area contributed by atoms with Crippen LogP contribution < -0.4 is 21.3 Å². The fourth-order valence-corrected chi connectivity index (χ4v) is 1.52. The highest BCUT2D eigenvalue weighted by Gasteiger charge is 2.16. The van der Waals surface area contributed by atoms with Crippen molar-refractivity contribution in [1.29, 1.82) is 0 Å². The van der Waals surface area contributed by atoms with Crippen LogP contribution in [0.4, 0.5) is 11.4 Å². The number of nitrogens with two attached hydrogens (primary N) is 2. The first-order valence-electron chi connectivity index (χ1n) is 5.29. The van der Waals surface area contributed by atoms with Crippen LogP contribution in [0.3, 0.4) is 0 Å². The Morgan fingerprint density at radius 2 is 1.94 bits per heavy atom. The molecule has 4 heteroatoms. The molecule has 0 unspecified atom stereocenters. The van der Waals surface area contributed by atoms with E-state index in [1.165, 1.54) is 0 Å². The van der Waals surface area contributed by atoms with Gasteiger partial charge in [0.15, 0.2) is 0 Å². The van der Waals surface area contributed by atoms with Crippen LogP contribution in [0.15, 0.2) is 18.2 Å². The predicted molar refractivity (Wildman–Crippen MR) is 68.4 cm³/mol. The lowest BCUT2D eigenvalue weighted by atomic mass is 9.96. The molecular weight excluding hydrogens is 202 g/mol. The van der Waals surface area contributed by atoms with E-state index in [1.807, 2.05) is 12.1 Å². The summed E-state index contributed by atoms with van der Waals surface area (Å²) in [5.41, 5.74) is 7.50. The summed E-state index contributed by atoms with van der Waals surface area (Å²) < 4.78 is 5.09. The third-order valence-electron chi connectivity index (χ3n) is 2.19. The van der Waals surface area contributed by atoms with E-state index in [-0.39, 0.29) is 5.41 Å². The highest BCUT2D eigenvalue weighted by atomic mass is 16.5. The first kappa shape index (κ1) is 12.6. The van der Waals surface area contributed by atoms with Gasteiger partial charge in [0.1, 0.15) is 5.75 Å². The van der Waals surface area contributed by atoms with Crippen LogP contribution in [0.1, 0.15) is 20.8 Å². The number of ether oxygens (including phenoxy) is 1. The summed E-state index contributed by atoms with van der Waals surface area (Å²) in [4.78, 5) is 0. The largest absolute Gasteiger partial charge is 0.497 e. The van der Waals surface area contributed by atoms with E-state index in [9.17, 15) is 0 Å². The molecule has 0 saturated heterocycles. The average molecular weight is 223 g/mol. The van der Waals surface area contributed by atoms with Crippen LogP contribution >= 0.6 is 0 Å². The number of nitrogen functional groups attached to an aromatic ring is 1. The minimum Gasteiger partial charge on any atom is -0.497 e. The van der Waals surface area contributed by atoms with Gasteiger partial charge < -0.3 is 15.5 Å². The Morgan fingerprint density at radius 1 is 1.31 bits per heavy atom. The van der Waals surface area contributed by atoms with Crippen molar-refractivity contribution in [2.24, 2.45) is 11.3 Å². The van der Waals surface area contributed by atoms with E-state index in [4.69, 9.17) is 16.3 Å². The average Bonchev–Trinajstić information content (AvgIpc) is 2.14. The molecule has 0 amide bonds. The van der Waals surface area contributed by atoms with Crippen LogP contribution in [0, 0.1) is 5.41 Å². The second-order valence-corrected chi connectivity index (χ2v) is 5.11. The van der Waals surface area contributed by atoms with Gasteiger partial charge in [-0.05, 0) is 17.5 Å². The lowest BCUT2D eigenvalue weighted by Gasteiger charge is -2.28. The number of rotatable bonds is 3. The number of methoxy groups -OCH3 is 1. The van der Waals surface area contributed by atoms with Gasteiger partial charge in [0.25, 0.3) is 0 Å². The van der Waals surface area contributed by atoms with Crippen molar-refractivity contribution >= 4 is 11.4 Å². The Kier molecular flexibility index (Phi) is 3.65. The third kappa shape index (κ3) is 3.31. The van der Waals surface area contributed by atoms with E-state index < -0.39 is 0 Å². The number of hydrogen-bond donors (Lipinski definition) is 2. The van der Waals surface area contributed by atoms with Crippen LogP contribution in [0.25, 0.3) is 0 Å². The minimum atomic E-state index is 0.126. The van der Waals surface area contributed by atoms with Gasteiger partial charge in [0, 0.05) is 12.6 Å². The maximum Gasteiger partial charge on any atom is 0.121 e. The smallest absolute Gasteiger partial charge is 0.121 e. The van der Waals surface area contributed by atoms with Gasteiger partial charge in [-0.3, -0.25) is 0 Å². The Morgan fingerprint density at radius 3 is 2.38 bits per heavy atom. The van der Waals surface area contributed by atoms with Gasteiger partial charge in [-0.2, -0.15) is 0 Å². The SMILES string of the molecule is COc1ccc(N(N)CC(C)(C)C)c(N)c1. The Hall–Kier alpha value is -1.42. The lowest BCUT2D eigenvalue weighted by molar-refractivity contribution is 0.410. The molecule has 0 bridgehead atoms. The second-order valence-electron chi connectivity index (χ2n) is 5.11. The molecule has 16 heavy (non-hydrogen) atoms. The normalized spacial score (nSPS) is 11.3. The molecule has 0 aromatic heterocycles. The zero-order chi connectivity index (χ0) is 12.3. The van der Waals surface area contributed by atoms with Crippen molar-refractivity contribution in [2.45, 2.75) is 20.8 Å². The van der Waals surface area contributed by atoms with E-state index in [0.717, 1.165) is 18.0 Å². The summed E-state index contributed by atoms with van der Waals surface area (Å²) in [6, 6.07) is 5.51. The van der Waals surface area contributed by atoms with Crippen molar-refractivity contribution in [3.05, 3.63) is 18.2 Å². The molecule has 4 nitrogen and oxygen atoms in total. The molecule has 0 aliphatic heterocycles. The van der Waals surface area contributed by atoms with Gasteiger partial charge >= 0.3 is 0 Å². The Balaban J connectivity index is 2.88. The maximum atomic E-state index is 5.99. The van der Waals surface area contributed by atoms with Gasteiger partial charge in [0.2, 0.25) is 0 Å². The predicted octanol–water partition coefficient (Wildman–Crippen LogP) is 2.00. The van der Waals surface area contributed by atoms with Gasteiger partial charge in [-0.1, -0.05) is 20.8 Å². The van der Waals surface area contributed by atoms with E-state index >= 15 is 0 Å². The van der Waals surface area contributed by atoms with E-state index in [2.05, 4.69) is 20.8 Å². The molecule has 90 valence electrons. The van der Waals surface area contributed by atoms with Crippen LogP contribution in [0.5, 0.6) is 5.75 Å². The fourth-order valence-electron chi connectivity index (χ4n) is 1.52. The molecule has 0 radical (unpaired) electrons. The molecular formula is C12H21N3O. The Labute approximate surface area is 97.1 Å². The molecule has 1 aromatic carbocycles. The van der Waals surface area contributed by atoms with Crippen molar-refractivity contribution in [1.82, 2.24) is 0 Å². The molecule has 1 aromatic rings. The highest BCUT2D eigenvalue weighted by Crippen LogP contribution is 2.28. The number of hydrazine groups is 1. The van der Waals surface area contributed by atoms with Gasteiger partial charge in [0.05, 0.1) is 18.5 Å². The molecule has 1 rings (SSSR count). The van der Waals surface area contributed by atoms with Crippen molar-refractivity contribution in [2.75, 3.05) is 24.4 Å². The zero-order valence-corrected chi connectivity index (χ0v) is 10.4. The molecule has 0 atom stereocenters. The number of benzene rings is 1. The quantitative estimate of drug-likeness (QED) is 0.467. The summed E-state index contributed by atoms with van der Waals surface area (Å²) in [5.74, 6) is 6.73. The molecule has 0 spiro atoms. The number of nitrogens with zero attached hydrogens (tertiary/aromatic N) is 1. The van der Waals surface area contributed by atoms with E-state index in [0.29, 0.717) is 5.69 Å². The van der Waals surface area contributed by atoms with Crippen molar-refractivity contribution < 1.29 is 4.74 Å². The molecule has 0 aliphatic carbocycles. The second kappa shape index (κ2) is 4.61. The summed E-state index contributed by atoms with van der Waals surface area (Å²) in [5, 5.41) is 1.68. The molecule has 0 saturated carbocycles. The zero-order valence-electron chi connectivity index (χ0n) is 10.4. The highest BCUT2D eigenvalue weighted by molar-refractivity contribution is 5.68. The van der Waals surface area contributed by atoms with Crippen LogP contribution in [0.2, 0.25) is 0 Å². The third-order valence-corrected chi connectivity index (χ3v) is 2.19. The van der Waals surface area contributed by atoms with Crippen LogP contribution in [-0.4, -0.2) is 13.7 Å². The molecule has 0 aliphatic rings. The van der Waals surface area contributed by atoms with Gasteiger partial charge in [-0.25, -0.2) is 5.84 Å². The summed E-state index contributed by atoms with van der Waals surface area (Å²) in [6.07, 6.45) is 0. The first-order chi connectivity index (χ1) is 7.33. The van der Waals surface area contributed by atoms with Gasteiger partial charge in [-0.15, -0.1) is 0 Å². The summed E-state index contributed by atoms with van der Waals surface area (Å²) in [7, 11) is 1.61. The Bertz CT molecular complexity index is 358. The minimum absolute atomic E-state index is 0.126. The standard InChI is InChI=1S/C12H21N3O/c1-12(2,3)8-15(14)11-6-5-9(16-4)7-10(11)13/h5-7H,8,13-14H2,1-4H3. The van der Waals surface area contributed by atoms with E-state index in [1.54, 1.807) is 18.2 Å². The van der Waals surface area contributed by atoms with Crippen molar-refractivity contribution in [3.8, 4) is 5.75 Å². The lowest BCUT2D eigenvalue weighted by Crippen LogP contribution is -2.38. The molecule has 0 heterocycles. The van der Waals surface area contributed by atoms with Crippen LogP contribution in [-0.2, 0) is 0 Å². The monoisotopic (exact) mass is 223 g/mol. The molecule has 0 fully saturated rings. The maximum absolute atomic E-state index is 5.99. The summed E-state index contributed by atoms with van der Waals surface area (Å²) in [6.45, 7) is 7.13.